The van der Waals surface area contributed by atoms with E-state index in [1.54, 1.807) is 29.2 Å². The van der Waals surface area contributed by atoms with Gasteiger partial charge in [0.1, 0.15) is 17.2 Å². The van der Waals surface area contributed by atoms with Gasteiger partial charge in [-0.2, -0.15) is 5.10 Å². The summed E-state index contributed by atoms with van der Waals surface area (Å²) in [5, 5.41) is 7.57. The second kappa shape index (κ2) is 5.56. The minimum atomic E-state index is -0.306. The average Bonchev–Trinajstić information content (AvgIpc) is 3.01. The van der Waals surface area contributed by atoms with Crippen molar-refractivity contribution < 1.29 is 9.18 Å². The van der Waals surface area contributed by atoms with Crippen LogP contribution in [0.1, 0.15) is 23.5 Å². The minimum Gasteiger partial charge on any atom is -0.349 e. The Balaban J connectivity index is 2.01. The lowest BCUT2D eigenvalue weighted by Crippen LogP contribution is -2.38. The van der Waals surface area contributed by atoms with Crippen LogP contribution in [0.15, 0.2) is 48.8 Å². The molecule has 5 nitrogen and oxygen atoms in total. The van der Waals surface area contributed by atoms with Crippen molar-refractivity contribution in [3.63, 3.8) is 0 Å². The maximum absolute atomic E-state index is 13.3. The number of hydrogen-bond donors (Lipinski definition) is 1. The van der Waals surface area contributed by atoms with Crippen LogP contribution < -0.4 is 5.32 Å². The minimum absolute atomic E-state index is 0.0486. The molecule has 1 aliphatic heterocycles. The Morgan fingerprint density at radius 1 is 1.12 bits per heavy atom. The fourth-order valence-corrected chi connectivity index (χ4v) is 2.98. The number of carbonyl (C=O) groups excluding carboxylic acids is 1. The van der Waals surface area contributed by atoms with Crippen LogP contribution in [0.3, 0.4) is 0 Å². The third-order valence-electron chi connectivity index (χ3n) is 4.19. The maximum Gasteiger partial charge on any atom is 0.270 e. The van der Waals surface area contributed by atoms with E-state index in [-0.39, 0.29) is 17.8 Å². The number of hydrogen-bond acceptors (Lipinski definition) is 3. The quantitative estimate of drug-likeness (QED) is 0.789. The SMILES string of the molecule is C[C@@H]1CNC(=O)c2c(-c3ccncc3)c(-c3ccc(F)cc3)nn21. The van der Waals surface area contributed by atoms with E-state index in [0.717, 1.165) is 16.7 Å². The molecule has 6 heteroatoms. The summed E-state index contributed by atoms with van der Waals surface area (Å²) < 4.78 is 15.0. The van der Waals surface area contributed by atoms with Gasteiger partial charge in [0.15, 0.2) is 0 Å². The van der Waals surface area contributed by atoms with Crippen LogP contribution in [-0.4, -0.2) is 27.2 Å². The highest BCUT2D eigenvalue weighted by Gasteiger charge is 2.30. The number of amides is 1. The summed E-state index contributed by atoms with van der Waals surface area (Å²) in [6.45, 7) is 2.53. The fourth-order valence-electron chi connectivity index (χ4n) is 2.98. The van der Waals surface area contributed by atoms with E-state index in [0.29, 0.717) is 17.9 Å². The Morgan fingerprint density at radius 3 is 2.54 bits per heavy atom. The normalized spacial score (nSPS) is 16.6. The third kappa shape index (κ3) is 2.27. The number of halogens is 1. The summed E-state index contributed by atoms with van der Waals surface area (Å²) in [6, 6.07) is 9.89. The summed E-state index contributed by atoms with van der Waals surface area (Å²) in [7, 11) is 0. The first-order chi connectivity index (χ1) is 11.6. The second-order valence-electron chi connectivity index (χ2n) is 5.82. The van der Waals surface area contributed by atoms with Crippen molar-refractivity contribution in [2.24, 2.45) is 0 Å². The first-order valence-corrected chi connectivity index (χ1v) is 7.72. The second-order valence-corrected chi connectivity index (χ2v) is 5.82. The topological polar surface area (TPSA) is 59.8 Å². The number of nitrogens with zero attached hydrogens (tertiary/aromatic N) is 3. The monoisotopic (exact) mass is 322 g/mol. The Hall–Kier alpha value is -3.02. The molecule has 0 bridgehead atoms. The number of rotatable bonds is 2. The summed E-state index contributed by atoms with van der Waals surface area (Å²) >= 11 is 0. The molecule has 0 saturated heterocycles. The van der Waals surface area contributed by atoms with Gasteiger partial charge < -0.3 is 5.32 Å². The number of benzene rings is 1. The van der Waals surface area contributed by atoms with E-state index in [4.69, 9.17) is 0 Å². The largest absolute Gasteiger partial charge is 0.349 e. The van der Waals surface area contributed by atoms with Gasteiger partial charge in [-0.25, -0.2) is 4.39 Å². The molecule has 0 radical (unpaired) electrons. The molecule has 1 N–H and O–H groups in total. The molecule has 0 spiro atoms. The highest BCUT2D eigenvalue weighted by molar-refractivity contribution is 6.03. The standard InChI is InChI=1S/C18H15FN4O/c1-11-10-21-18(24)17-15(12-6-8-20-9-7-12)16(22-23(11)17)13-2-4-14(19)5-3-13/h2-9,11H,10H2,1H3,(H,21,24)/t11-/m1/s1. The first kappa shape index (κ1) is 14.6. The molecule has 1 aromatic carbocycles. The molecular formula is C18H15FN4O. The van der Waals surface area contributed by atoms with Gasteiger partial charge >= 0.3 is 0 Å². The number of pyridine rings is 1. The Kier molecular flexibility index (Phi) is 3.37. The molecule has 1 atom stereocenters. The molecule has 2 aromatic heterocycles. The van der Waals surface area contributed by atoms with E-state index in [1.807, 2.05) is 19.1 Å². The summed E-state index contributed by atoms with van der Waals surface area (Å²) in [5.74, 6) is -0.458. The number of fused-ring (bicyclic) bond motifs is 1. The zero-order valence-corrected chi connectivity index (χ0v) is 13.0. The molecule has 0 aliphatic carbocycles. The summed E-state index contributed by atoms with van der Waals surface area (Å²) in [6.07, 6.45) is 3.36. The van der Waals surface area contributed by atoms with Gasteiger partial charge in [-0.1, -0.05) is 0 Å². The van der Waals surface area contributed by atoms with Crippen molar-refractivity contribution in [1.82, 2.24) is 20.1 Å². The highest BCUT2D eigenvalue weighted by atomic mass is 19.1. The molecule has 1 amide bonds. The van der Waals surface area contributed by atoms with E-state index >= 15 is 0 Å². The van der Waals surface area contributed by atoms with Crippen molar-refractivity contribution in [3.05, 3.63) is 60.3 Å². The van der Waals surface area contributed by atoms with Crippen LogP contribution in [0, 0.1) is 5.82 Å². The zero-order valence-electron chi connectivity index (χ0n) is 13.0. The van der Waals surface area contributed by atoms with Gasteiger partial charge in [-0.3, -0.25) is 14.5 Å². The molecule has 120 valence electrons. The van der Waals surface area contributed by atoms with E-state index in [9.17, 15) is 9.18 Å². The van der Waals surface area contributed by atoms with E-state index < -0.39 is 0 Å². The molecule has 1 aliphatic rings. The highest BCUT2D eigenvalue weighted by Crippen LogP contribution is 2.36. The van der Waals surface area contributed by atoms with Gasteiger partial charge in [0, 0.05) is 30.1 Å². The average molecular weight is 322 g/mol. The smallest absolute Gasteiger partial charge is 0.270 e. The van der Waals surface area contributed by atoms with Crippen LogP contribution >= 0.6 is 0 Å². The van der Waals surface area contributed by atoms with Gasteiger partial charge in [-0.05, 0) is 48.9 Å². The van der Waals surface area contributed by atoms with Gasteiger partial charge in [0.25, 0.3) is 5.91 Å². The molecule has 0 unspecified atom stereocenters. The van der Waals surface area contributed by atoms with Crippen molar-refractivity contribution >= 4 is 5.91 Å². The van der Waals surface area contributed by atoms with Crippen molar-refractivity contribution in [2.75, 3.05) is 6.54 Å². The van der Waals surface area contributed by atoms with E-state index in [1.165, 1.54) is 12.1 Å². The third-order valence-corrected chi connectivity index (χ3v) is 4.19. The zero-order chi connectivity index (χ0) is 16.7. The maximum atomic E-state index is 13.3. The number of aromatic nitrogens is 3. The molecule has 3 aromatic rings. The lowest BCUT2D eigenvalue weighted by Gasteiger charge is -2.22. The molecule has 4 rings (SSSR count). The molecule has 24 heavy (non-hydrogen) atoms. The van der Waals surface area contributed by atoms with Crippen LogP contribution in [0.2, 0.25) is 0 Å². The number of nitrogens with one attached hydrogen (secondary N) is 1. The molecule has 3 heterocycles. The van der Waals surface area contributed by atoms with Crippen LogP contribution in [-0.2, 0) is 0 Å². The van der Waals surface area contributed by atoms with Gasteiger partial charge in [0.2, 0.25) is 0 Å². The lowest BCUT2D eigenvalue weighted by atomic mass is 9.98. The first-order valence-electron chi connectivity index (χ1n) is 7.72. The molecule has 0 saturated carbocycles. The fraction of sp³-hybridized carbons (Fsp3) is 0.167. The Labute approximate surface area is 138 Å². The van der Waals surface area contributed by atoms with Crippen molar-refractivity contribution in [2.45, 2.75) is 13.0 Å². The Morgan fingerprint density at radius 2 is 1.83 bits per heavy atom. The van der Waals surface area contributed by atoms with Crippen molar-refractivity contribution in [1.29, 1.82) is 0 Å². The molecular weight excluding hydrogens is 307 g/mol. The van der Waals surface area contributed by atoms with Crippen LogP contribution in [0.25, 0.3) is 22.4 Å². The Bertz CT molecular complexity index is 903. The molecule has 0 fully saturated rings. The van der Waals surface area contributed by atoms with Crippen LogP contribution in [0.4, 0.5) is 4.39 Å². The van der Waals surface area contributed by atoms with Gasteiger partial charge in [-0.15, -0.1) is 0 Å². The van der Waals surface area contributed by atoms with Crippen molar-refractivity contribution in [3.8, 4) is 22.4 Å². The van der Waals surface area contributed by atoms with Gasteiger partial charge in [0.05, 0.1) is 6.04 Å². The van der Waals surface area contributed by atoms with E-state index in [2.05, 4.69) is 15.4 Å². The predicted molar refractivity (Wildman–Crippen MR) is 87.9 cm³/mol. The lowest BCUT2D eigenvalue weighted by molar-refractivity contribution is 0.0913. The van der Waals surface area contributed by atoms with Crippen LogP contribution in [0.5, 0.6) is 0 Å². The predicted octanol–water partition coefficient (Wildman–Crippen LogP) is 3.06. The number of carbonyl (C=O) groups is 1. The summed E-state index contributed by atoms with van der Waals surface area (Å²) in [5.41, 5.74) is 3.56. The summed E-state index contributed by atoms with van der Waals surface area (Å²) in [4.78, 5) is 16.5.